The molecule has 0 aliphatic rings. The van der Waals surface area contributed by atoms with Gasteiger partial charge in [0.1, 0.15) is 5.75 Å². The molecule has 0 saturated heterocycles. The minimum absolute atomic E-state index is 0.294. The smallest absolute Gasteiger partial charge is 0.188 e. The van der Waals surface area contributed by atoms with Crippen LogP contribution in [0.4, 0.5) is 0 Å². The third-order valence-corrected chi connectivity index (χ3v) is 2.79. The van der Waals surface area contributed by atoms with E-state index in [9.17, 15) is 0 Å². The highest BCUT2D eigenvalue weighted by molar-refractivity contribution is 5.29. The van der Waals surface area contributed by atoms with Crippen molar-refractivity contribution in [2.45, 2.75) is 12.8 Å². The maximum absolute atomic E-state index is 5.43. The molecular formula is C16H18O2. The summed E-state index contributed by atoms with van der Waals surface area (Å²) >= 11 is 0. The van der Waals surface area contributed by atoms with Gasteiger partial charge in [0, 0.05) is 7.11 Å². The lowest BCUT2D eigenvalue weighted by atomic mass is 10.0. The third kappa shape index (κ3) is 3.90. The molecule has 0 aliphatic heterocycles. The van der Waals surface area contributed by atoms with Crippen LogP contribution in [0.15, 0.2) is 54.6 Å². The second-order valence-corrected chi connectivity index (χ2v) is 4.18. The zero-order valence-electron chi connectivity index (χ0n) is 10.6. The van der Waals surface area contributed by atoms with E-state index < -0.39 is 0 Å². The maximum atomic E-state index is 5.43. The van der Waals surface area contributed by atoms with Crippen LogP contribution < -0.4 is 4.74 Å². The first-order valence-corrected chi connectivity index (χ1v) is 6.13. The predicted octanol–water partition coefficient (Wildman–Crippen LogP) is 3.45. The number of methoxy groups -OCH3 is 1. The molecule has 0 aromatic heterocycles. The summed E-state index contributed by atoms with van der Waals surface area (Å²) in [5, 5.41) is 0. The number of benzene rings is 2. The Labute approximate surface area is 108 Å². The molecule has 94 valence electrons. The van der Waals surface area contributed by atoms with Gasteiger partial charge in [-0.1, -0.05) is 42.5 Å². The Balaban J connectivity index is 1.93. The molecule has 18 heavy (non-hydrogen) atoms. The summed E-state index contributed by atoms with van der Waals surface area (Å²) in [6.07, 6.45) is 2.07. The number of rotatable bonds is 6. The van der Waals surface area contributed by atoms with Crippen molar-refractivity contribution in [3.63, 3.8) is 0 Å². The van der Waals surface area contributed by atoms with Crippen LogP contribution in [0.5, 0.6) is 5.75 Å². The van der Waals surface area contributed by atoms with Gasteiger partial charge in [-0.15, -0.1) is 0 Å². The number of ether oxygens (including phenoxy) is 2. The molecule has 0 unspecified atom stereocenters. The Morgan fingerprint density at radius 2 is 1.56 bits per heavy atom. The van der Waals surface area contributed by atoms with E-state index in [1.54, 1.807) is 7.11 Å². The molecule has 2 heteroatoms. The highest BCUT2D eigenvalue weighted by Gasteiger charge is 1.98. The zero-order chi connectivity index (χ0) is 12.6. The van der Waals surface area contributed by atoms with E-state index in [0.29, 0.717) is 6.79 Å². The molecule has 0 spiro atoms. The summed E-state index contributed by atoms with van der Waals surface area (Å²) in [4.78, 5) is 0. The van der Waals surface area contributed by atoms with E-state index in [1.165, 1.54) is 11.1 Å². The average Bonchev–Trinajstić information content (AvgIpc) is 2.44. The summed E-state index contributed by atoms with van der Waals surface area (Å²) in [6.45, 7) is 0.294. The fraction of sp³-hybridized carbons (Fsp3) is 0.250. The van der Waals surface area contributed by atoms with Gasteiger partial charge in [-0.05, 0) is 36.1 Å². The Morgan fingerprint density at radius 3 is 2.33 bits per heavy atom. The van der Waals surface area contributed by atoms with Gasteiger partial charge in [0.05, 0.1) is 0 Å². The quantitative estimate of drug-likeness (QED) is 0.722. The molecule has 2 aromatic rings. The highest BCUT2D eigenvalue weighted by atomic mass is 16.7. The van der Waals surface area contributed by atoms with E-state index in [0.717, 1.165) is 18.6 Å². The lowest BCUT2D eigenvalue weighted by Crippen LogP contribution is -1.99. The lowest BCUT2D eigenvalue weighted by molar-refractivity contribution is 0.0511. The molecule has 0 radical (unpaired) electrons. The van der Waals surface area contributed by atoms with Crippen molar-refractivity contribution >= 4 is 0 Å². The van der Waals surface area contributed by atoms with Crippen molar-refractivity contribution in [3.8, 4) is 5.75 Å². The lowest BCUT2D eigenvalue weighted by Gasteiger charge is -2.07. The predicted molar refractivity (Wildman–Crippen MR) is 72.8 cm³/mol. The van der Waals surface area contributed by atoms with Gasteiger partial charge in [-0.2, -0.15) is 0 Å². The van der Waals surface area contributed by atoms with E-state index in [1.807, 2.05) is 18.2 Å². The number of hydrogen-bond acceptors (Lipinski definition) is 2. The van der Waals surface area contributed by atoms with Gasteiger partial charge in [-0.25, -0.2) is 0 Å². The molecule has 0 saturated carbocycles. The first-order chi connectivity index (χ1) is 8.88. The minimum atomic E-state index is 0.294. The standard InChI is InChI=1S/C16H18O2/c1-17-13-18-16-9-5-8-15(12-16)11-10-14-6-3-2-4-7-14/h2-9,12H,10-11,13H2,1H3. The number of hydrogen-bond donors (Lipinski definition) is 0. The van der Waals surface area contributed by atoms with Gasteiger partial charge >= 0.3 is 0 Å². The highest BCUT2D eigenvalue weighted by Crippen LogP contribution is 2.15. The van der Waals surface area contributed by atoms with Crippen LogP contribution in [-0.2, 0) is 17.6 Å². The molecule has 2 rings (SSSR count). The molecule has 0 atom stereocenters. The Bertz CT molecular complexity index is 466. The Morgan fingerprint density at radius 1 is 0.833 bits per heavy atom. The van der Waals surface area contributed by atoms with Gasteiger partial charge in [-0.3, -0.25) is 0 Å². The molecule has 0 heterocycles. The zero-order valence-corrected chi connectivity index (χ0v) is 10.6. The summed E-state index contributed by atoms with van der Waals surface area (Å²) in [5.41, 5.74) is 2.65. The molecule has 0 amide bonds. The molecule has 0 fully saturated rings. The average molecular weight is 242 g/mol. The number of aryl methyl sites for hydroxylation is 2. The topological polar surface area (TPSA) is 18.5 Å². The van der Waals surface area contributed by atoms with Crippen LogP contribution in [-0.4, -0.2) is 13.9 Å². The van der Waals surface area contributed by atoms with Crippen LogP contribution in [0.25, 0.3) is 0 Å². The molecule has 0 N–H and O–H groups in total. The van der Waals surface area contributed by atoms with E-state index in [-0.39, 0.29) is 0 Å². The van der Waals surface area contributed by atoms with Crippen LogP contribution in [0.3, 0.4) is 0 Å². The second kappa shape index (κ2) is 6.82. The van der Waals surface area contributed by atoms with Gasteiger partial charge < -0.3 is 9.47 Å². The van der Waals surface area contributed by atoms with Crippen LogP contribution in [0.2, 0.25) is 0 Å². The summed E-state index contributed by atoms with van der Waals surface area (Å²) in [7, 11) is 1.62. The fourth-order valence-corrected chi connectivity index (χ4v) is 1.85. The Hall–Kier alpha value is -1.80. The largest absolute Gasteiger partial charge is 0.468 e. The second-order valence-electron chi connectivity index (χ2n) is 4.18. The van der Waals surface area contributed by atoms with Crippen molar-refractivity contribution in [1.29, 1.82) is 0 Å². The van der Waals surface area contributed by atoms with Gasteiger partial charge in [0.2, 0.25) is 0 Å². The molecule has 0 bridgehead atoms. The summed E-state index contributed by atoms with van der Waals surface area (Å²) in [6, 6.07) is 18.7. The monoisotopic (exact) mass is 242 g/mol. The first-order valence-electron chi connectivity index (χ1n) is 6.13. The van der Waals surface area contributed by atoms with Crippen molar-refractivity contribution in [1.82, 2.24) is 0 Å². The molecule has 2 aromatic carbocycles. The minimum Gasteiger partial charge on any atom is -0.468 e. The van der Waals surface area contributed by atoms with Gasteiger partial charge in [0.15, 0.2) is 6.79 Å². The summed E-state index contributed by atoms with van der Waals surface area (Å²) < 4.78 is 10.3. The normalized spacial score (nSPS) is 10.3. The van der Waals surface area contributed by atoms with Crippen LogP contribution in [0, 0.1) is 0 Å². The van der Waals surface area contributed by atoms with Crippen LogP contribution in [0.1, 0.15) is 11.1 Å². The van der Waals surface area contributed by atoms with Gasteiger partial charge in [0.25, 0.3) is 0 Å². The first kappa shape index (κ1) is 12.7. The summed E-state index contributed by atoms with van der Waals surface area (Å²) in [5.74, 6) is 0.863. The van der Waals surface area contributed by atoms with Crippen LogP contribution >= 0.6 is 0 Å². The Kier molecular flexibility index (Phi) is 4.79. The van der Waals surface area contributed by atoms with E-state index in [4.69, 9.17) is 9.47 Å². The van der Waals surface area contributed by atoms with Crippen molar-refractivity contribution in [2.75, 3.05) is 13.9 Å². The fourth-order valence-electron chi connectivity index (χ4n) is 1.85. The SMILES string of the molecule is COCOc1cccc(CCc2ccccc2)c1. The van der Waals surface area contributed by atoms with Crippen molar-refractivity contribution in [3.05, 3.63) is 65.7 Å². The third-order valence-electron chi connectivity index (χ3n) is 2.79. The van der Waals surface area contributed by atoms with Crippen molar-refractivity contribution < 1.29 is 9.47 Å². The maximum Gasteiger partial charge on any atom is 0.188 e. The molecule has 2 nitrogen and oxygen atoms in total. The molecular weight excluding hydrogens is 224 g/mol. The van der Waals surface area contributed by atoms with E-state index in [2.05, 4.69) is 36.4 Å². The van der Waals surface area contributed by atoms with Crippen molar-refractivity contribution in [2.24, 2.45) is 0 Å². The van der Waals surface area contributed by atoms with E-state index >= 15 is 0 Å². The molecule has 0 aliphatic carbocycles.